The van der Waals surface area contributed by atoms with Crippen molar-refractivity contribution in [2.24, 2.45) is 0 Å². The highest BCUT2D eigenvalue weighted by atomic mass is 35.5. The van der Waals surface area contributed by atoms with Crippen LogP contribution in [0.25, 0.3) is 0 Å². The van der Waals surface area contributed by atoms with Crippen LogP contribution in [0.2, 0.25) is 25.1 Å². The predicted molar refractivity (Wildman–Crippen MR) is 69.3 cm³/mol. The first-order chi connectivity index (χ1) is 6.45. The van der Waals surface area contributed by atoms with Gasteiger partial charge in [0.05, 0.1) is 25.1 Å². The van der Waals surface area contributed by atoms with Crippen molar-refractivity contribution < 1.29 is 5.11 Å². The van der Waals surface area contributed by atoms with Gasteiger partial charge in [0.15, 0.2) is 0 Å². The minimum absolute atomic E-state index is 0. The third kappa shape index (κ3) is 5.45. The van der Waals surface area contributed by atoms with E-state index in [2.05, 4.69) is 0 Å². The molecule has 0 radical (unpaired) electrons. The monoisotopic (exact) mass is 311 g/mol. The van der Waals surface area contributed by atoms with Gasteiger partial charge in [0, 0.05) is 6.61 Å². The lowest BCUT2D eigenvalue weighted by atomic mass is 10.3. The Morgan fingerprint density at radius 1 is 0.933 bits per heavy atom. The van der Waals surface area contributed by atoms with E-state index in [1.807, 2.05) is 0 Å². The first-order valence-electron chi connectivity index (χ1n) is 3.55. The Morgan fingerprint density at radius 2 is 1.20 bits per heavy atom. The standard InChI is InChI=1S/C6HCl5.C2H6O.H3N/c7-2-1-3(8)5(10)6(11)4(2)9;1-2-3;/h1H;3H,2H2,1H3;1H3. The summed E-state index contributed by atoms with van der Waals surface area (Å²) in [5.41, 5.74) is 0. The second-order valence-corrected chi connectivity index (χ2v) is 4.05. The maximum atomic E-state index is 7.57. The zero-order valence-electron chi connectivity index (χ0n) is 7.83. The van der Waals surface area contributed by atoms with Crippen LogP contribution >= 0.6 is 58.0 Å². The topological polar surface area (TPSA) is 55.2 Å². The third-order valence-electron chi connectivity index (χ3n) is 1.06. The largest absolute Gasteiger partial charge is 0.397 e. The fourth-order valence-electron chi connectivity index (χ4n) is 0.544. The van der Waals surface area contributed by atoms with Crippen molar-refractivity contribution in [3.8, 4) is 0 Å². The second-order valence-electron chi connectivity index (χ2n) is 2.10. The van der Waals surface area contributed by atoms with E-state index in [-0.39, 0.29) is 27.8 Å². The summed E-state index contributed by atoms with van der Waals surface area (Å²) >= 11 is 28.2. The molecule has 15 heavy (non-hydrogen) atoms. The molecule has 0 aliphatic carbocycles. The second kappa shape index (κ2) is 8.71. The van der Waals surface area contributed by atoms with Crippen LogP contribution in [-0.2, 0) is 0 Å². The van der Waals surface area contributed by atoms with E-state index in [4.69, 9.17) is 63.1 Å². The number of hydrogen-bond acceptors (Lipinski definition) is 2. The van der Waals surface area contributed by atoms with Crippen molar-refractivity contribution in [3.63, 3.8) is 0 Å². The summed E-state index contributed by atoms with van der Waals surface area (Å²) in [5.74, 6) is 0. The van der Waals surface area contributed by atoms with Crippen molar-refractivity contribution in [1.29, 1.82) is 0 Å². The lowest BCUT2D eigenvalue weighted by Gasteiger charge is -2.02. The number of benzene rings is 1. The van der Waals surface area contributed by atoms with Gasteiger partial charge in [-0.2, -0.15) is 0 Å². The molecular formula is C8H10Cl5NO. The molecule has 0 amide bonds. The molecule has 0 aliphatic rings. The fraction of sp³-hybridized carbons (Fsp3) is 0.250. The van der Waals surface area contributed by atoms with E-state index in [0.717, 1.165) is 0 Å². The van der Waals surface area contributed by atoms with Crippen LogP contribution in [-0.4, -0.2) is 11.7 Å². The van der Waals surface area contributed by atoms with Crippen molar-refractivity contribution >= 4 is 58.0 Å². The van der Waals surface area contributed by atoms with E-state index in [1.165, 1.54) is 6.07 Å². The quantitative estimate of drug-likeness (QED) is 0.516. The minimum Gasteiger partial charge on any atom is -0.397 e. The Morgan fingerprint density at radius 3 is 1.47 bits per heavy atom. The van der Waals surface area contributed by atoms with Gasteiger partial charge in [-0.15, -0.1) is 0 Å². The smallest absolute Gasteiger partial charge is 0.0808 e. The molecule has 88 valence electrons. The summed E-state index contributed by atoms with van der Waals surface area (Å²) in [6.45, 7) is 1.93. The molecule has 4 N–H and O–H groups in total. The van der Waals surface area contributed by atoms with Crippen LogP contribution in [0.15, 0.2) is 6.07 Å². The van der Waals surface area contributed by atoms with E-state index in [1.54, 1.807) is 6.92 Å². The van der Waals surface area contributed by atoms with Crippen molar-refractivity contribution in [2.75, 3.05) is 6.61 Å². The highest BCUT2D eigenvalue weighted by Crippen LogP contribution is 2.40. The summed E-state index contributed by atoms with van der Waals surface area (Å²) in [5, 5.41) is 8.80. The maximum Gasteiger partial charge on any atom is 0.0808 e. The summed E-state index contributed by atoms with van der Waals surface area (Å²) in [4.78, 5) is 0. The molecule has 0 saturated carbocycles. The summed E-state index contributed by atoms with van der Waals surface area (Å²) < 4.78 is 0. The molecule has 7 heteroatoms. The Bertz CT molecular complexity index is 292. The van der Waals surface area contributed by atoms with Crippen molar-refractivity contribution in [1.82, 2.24) is 6.15 Å². The van der Waals surface area contributed by atoms with Crippen LogP contribution < -0.4 is 6.15 Å². The number of rotatable bonds is 0. The average Bonchev–Trinajstić information content (AvgIpc) is 2.13. The fourth-order valence-corrected chi connectivity index (χ4v) is 1.65. The van der Waals surface area contributed by atoms with Crippen molar-refractivity contribution in [2.45, 2.75) is 6.92 Å². The molecule has 0 heterocycles. The molecule has 0 saturated heterocycles. The van der Waals surface area contributed by atoms with Gasteiger partial charge in [-0.25, -0.2) is 0 Å². The van der Waals surface area contributed by atoms with Crippen LogP contribution in [0.1, 0.15) is 6.92 Å². The maximum absolute atomic E-state index is 7.57. The Labute approximate surface area is 114 Å². The molecule has 1 aromatic rings. The number of halogens is 5. The summed E-state index contributed by atoms with van der Waals surface area (Å²) in [6.07, 6.45) is 0. The molecule has 0 aromatic heterocycles. The van der Waals surface area contributed by atoms with Gasteiger partial charge in [0.2, 0.25) is 0 Å². The van der Waals surface area contributed by atoms with Gasteiger partial charge in [-0.05, 0) is 13.0 Å². The first kappa shape index (κ1) is 18.0. The molecular weight excluding hydrogens is 303 g/mol. The lowest BCUT2D eigenvalue weighted by Crippen LogP contribution is -1.75. The highest BCUT2D eigenvalue weighted by Gasteiger charge is 2.10. The highest BCUT2D eigenvalue weighted by molar-refractivity contribution is 6.54. The van der Waals surface area contributed by atoms with Crippen LogP contribution in [0, 0.1) is 0 Å². The predicted octanol–water partition coefficient (Wildman–Crippen LogP) is 5.11. The van der Waals surface area contributed by atoms with Gasteiger partial charge in [0.1, 0.15) is 0 Å². The van der Waals surface area contributed by atoms with E-state index < -0.39 is 0 Å². The lowest BCUT2D eigenvalue weighted by molar-refractivity contribution is 0.318. The van der Waals surface area contributed by atoms with Gasteiger partial charge in [-0.3, -0.25) is 0 Å². The zero-order chi connectivity index (χ0) is 11.3. The molecule has 2 nitrogen and oxygen atoms in total. The molecule has 1 aromatic carbocycles. The van der Waals surface area contributed by atoms with Gasteiger partial charge < -0.3 is 11.3 Å². The molecule has 0 spiro atoms. The Hall–Kier alpha value is 0.590. The zero-order valence-corrected chi connectivity index (χ0v) is 11.6. The van der Waals surface area contributed by atoms with Gasteiger partial charge in [-0.1, -0.05) is 58.0 Å². The number of hydrogen-bond donors (Lipinski definition) is 2. The van der Waals surface area contributed by atoms with Gasteiger partial charge in [0.25, 0.3) is 0 Å². The minimum atomic E-state index is 0. The SMILES string of the molecule is CCO.Clc1cc(Cl)c(Cl)c(Cl)c1Cl.N. The van der Waals surface area contributed by atoms with E-state index in [9.17, 15) is 0 Å². The Balaban J connectivity index is 0. The third-order valence-corrected chi connectivity index (χ3v) is 3.20. The molecule has 0 aliphatic heterocycles. The molecule has 0 bridgehead atoms. The first-order valence-corrected chi connectivity index (χ1v) is 5.44. The molecule has 0 atom stereocenters. The van der Waals surface area contributed by atoms with Gasteiger partial charge >= 0.3 is 0 Å². The van der Waals surface area contributed by atoms with E-state index >= 15 is 0 Å². The molecule has 0 unspecified atom stereocenters. The molecule has 0 fully saturated rings. The summed E-state index contributed by atoms with van der Waals surface area (Å²) in [7, 11) is 0. The van der Waals surface area contributed by atoms with Crippen LogP contribution in [0.3, 0.4) is 0 Å². The number of aliphatic hydroxyl groups is 1. The molecule has 1 rings (SSSR count). The van der Waals surface area contributed by atoms with Crippen LogP contribution in [0.4, 0.5) is 0 Å². The van der Waals surface area contributed by atoms with Crippen LogP contribution in [0.5, 0.6) is 0 Å². The van der Waals surface area contributed by atoms with Crippen molar-refractivity contribution in [3.05, 3.63) is 31.2 Å². The Kier molecular flexibility index (Phi) is 10.4. The number of aliphatic hydroxyl groups excluding tert-OH is 1. The normalized spacial score (nSPS) is 8.73. The average molecular weight is 313 g/mol. The van der Waals surface area contributed by atoms with E-state index in [0.29, 0.717) is 10.0 Å². The summed E-state index contributed by atoms with van der Waals surface area (Å²) in [6, 6.07) is 1.44.